The van der Waals surface area contributed by atoms with Gasteiger partial charge in [0.2, 0.25) is 10.0 Å². The van der Waals surface area contributed by atoms with Crippen LogP contribution in [-0.2, 0) is 16.4 Å². The largest absolute Gasteiger partial charge is 0.384 e. The lowest BCUT2D eigenvalue weighted by atomic mass is 9.86. The van der Waals surface area contributed by atoms with E-state index in [-0.39, 0.29) is 0 Å². The summed E-state index contributed by atoms with van der Waals surface area (Å²) in [6, 6.07) is 5.33. The van der Waals surface area contributed by atoms with Crippen LogP contribution in [0.25, 0.3) is 0 Å². The highest BCUT2D eigenvalue weighted by atomic mass is 32.2. The molecule has 0 spiro atoms. The Morgan fingerprint density at radius 2 is 2.17 bits per heavy atom. The highest BCUT2D eigenvalue weighted by Gasteiger charge is 2.22. The molecule has 0 aromatic heterocycles. The molecule has 1 aromatic rings. The number of anilines is 1. The molecular formula is C13H18N2O2S. The van der Waals surface area contributed by atoms with Gasteiger partial charge in [-0.1, -0.05) is 6.42 Å². The third-order valence-electron chi connectivity index (χ3n) is 3.88. The molecule has 1 aliphatic heterocycles. The van der Waals surface area contributed by atoms with Crippen LogP contribution in [-0.4, -0.2) is 21.5 Å². The number of hydrogen-bond donors (Lipinski definition) is 2. The first-order valence-corrected chi connectivity index (χ1v) is 8.00. The van der Waals surface area contributed by atoms with Crippen LogP contribution in [0.5, 0.6) is 0 Å². The van der Waals surface area contributed by atoms with Gasteiger partial charge >= 0.3 is 0 Å². The second-order valence-electron chi connectivity index (χ2n) is 5.14. The molecule has 1 aliphatic carbocycles. The van der Waals surface area contributed by atoms with Gasteiger partial charge in [-0.05, 0) is 48.9 Å². The smallest absolute Gasteiger partial charge is 0.240 e. The quantitative estimate of drug-likeness (QED) is 0.872. The first kappa shape index (κ1) is 12.0. The maximum atomic E-state index is 12.1. The normalized spacial score (nSPS) is 19.1. The second-order valence-corrected chi connectivity index (χ2v) is 6.91. The fraction of sp³-hybridized carbons (Fsp3) is 0.538. The van der Waals surface area contributed by atoms with Crippen LogP contribution in [0.4, 0.5) is 5.69 Å². The molecular weight excluding hydrogens is 248 g/mol. The molecule has 0 atom stereocenters. The van der Waals surface area contributed by atoms with E-state index in [1.807, 2.05) is 6.07 Å². The summed E-state index contributed by atoms with van der Waals surface area (Å²) in [5.74, 6) is 0.538. The van der Waals surface area contributed by atoms with Crippen LogP contribution in [0.3, 0.4) is 0 Å². The summed E-state index contributed by atoms with van der Waals surface area (Å²) in [6.45, 7) is 1.48. The lowest BCUT2D eigenvalue weighted by Crippen LogP contribution is -2.32. The minimum atomic E-state index is -3.33. The van der Waals surface area contributed by atoms with Crippen molar-refractivity contribution in [2.24, 2.45) is 5.92 Å². The molecule has 2 aliphatic rings. The van der Waals surface area contributed by atoms with Crippen LogP contribution >= 0.6 is 0 Å². The number of nitrogens with one attached hydrogen (secondary N) is 2. The van der Waals surface area contributed by atoms with Crippen molar-refractivity contribution in [1.29, 1.82) is 0 Å². The highest BCUT2D eigenvalue weighted by molar-refractivity contribution is 7.89. The second kappa shape index (κ2) is 4.55. The molecule has 2 N–H and O–H groups in total. The van der Waals surface area contributed by atoms with Crippen LogP contribution in [0.15, 0.2) is 23.1 Å². The number of sulfonamides is 1. The van der Waals surface area contributed by atoms with E-state index in [1.54, 1.807) is 12.1 Å². The van der Waals surface area contributed by atoms with E-state index in [0.29, 0.717) is 17.4 Å². The molecule has 1 aromatic carbocycles. The molecule has 0 amide bonds. The van der Waals surface area contributed by atoms with Crippen molar-refractivity contribution in [1.82, 2.24) is 4.72 Å². The predicted octanol–water partition coefficient (Wildman–Crippen LogP) is 1.73. The third-order valence-corrected chi connectivity index (χ3v) is 5.30. The zero-order valence-corrected chi connectivity index (χ0v) is 11.1. The van der Waals surface area contributed by atoms with E-state index in [0.717, 1.165) is 37.1 Å². The maximum absolute atomic E-state index is 12.1. The van der Waals surface area contributed by atoms with Crippen molar-refractivity contribution in [3.05, 3.63) is 23.8 Å². The number of rotatable bonds is 4. The average molecular weight is 266 g/mol. The molecule has 0 unspecified atom stereocenters. The fourth-order valence-corrected chi connectivity index (χ4v) is 3.62. The van der Waals surface area contributed by atoms with Gasteiger partial charge in [-0.25, -0.2) is 13.1 Å². The number of benzene rings is 1. The third kappa shape index (κ3) is 2.24. The van der Waals surface area contributed by atoms with Crippen molar-refractivity contribution in [2.75, 3.05) is 18.4 Å². The van der Waals surface area contributed by atoms with Gasteiger partial charge in [0.1, 0.15) is 0 Å². The Balaban J connectivity index is 1.75. The molecule has 98 valence electrons. The highest BCUT2D eigenvalue weighted by Crippen LogP contribution is 2.27. The molecule has 0 saturated heterocycles. The van der Waals surface area contributed by atoms with E-state index < -0.39 is 10.0 Å². The van der Waals surface area contributed by atoms with Crippen molar-refractivity contribution in [3.63, 3.8) is 0 Å². The van der Waals surface area contributed by atoms with Gasteiger partial charge in [0, 0.05) is 18.8 Å². The van der Waals surface area contributed by atoms with Crippen LogP contribution < -0.4 is 10.0 Å². The molecule has 5 heteroatoms. The molecule has 18 heavy (non-hydrogen) atoms. The lowest BCUT2D eigenvalue weighted by molar-refractivity contribution is 0.316. The monoisotopic (exact) mass is 266 g/mol. The molecule has 1 fully saturated rings. The lowest BCUT2D eigenvalue weighted by Gasteiger charge is -2.25. The SMILES string of the molecule is O=S(=O)(NCC1CCC1)c1ccc2c(c1)CCN2. The van der Waals surface area contributed by atoms with Gasteiger partial charge in [0.15, 0.2) is 0 Å². The van der Waals surface area contributed by atoms with Crippen molar-refractivity contribution in [3.8, 4) is 0 Å². The molecule has 0 bridgehead atoms. The zero-order chi connectivity index (χ0) is 12.6. The summed E-state index contributed by atoms with van der Waals surface area (Å²) < 4.78 is 27.0. The Hall–Kier alpha value is -1.07. The van der Waals surface area contributed by atoms with Crippen LogP contribution in [0, 0.1) is 5.92 Å². The summed E-state index contributed by atoms with van der Waals surface area (Å²) >= 11 is 0. The van der Waals surface area contributed by atoms with E-state index in [4.69, 9.17) is 0 Å². The molecule has 1 heterocycles. The average Bonchev–Trinajstić information content (AvgIpc) is 2.73. The van der Waals surface area contributed by atoms with Gasteiger partial charge < -0.3 is 5.32 Å². The first-order chi connectivity index (χ1) is 8.65. The summed E-state index contributed by atoms with van der Waals surface area (Å²) in [6.07, 6.45) is 4.44. The van der Waals surface area contributed by atoms with Gasteiger partial charge in [0.05, 0.1) is 4.90 Å². The van der Waals surface area contributed by atoms with E-state index in [1.165, 1.54) is 6.42 Å². The minimum Gasteiger partial charge on any atom is -0.384 e. The van der Waals surface area contributed by atoms with Crippen molar-refractivity contribution < 1.29 is 8.42 Å². The van der Waals surface area contributed by atoms with Gasteiger partial charge in [-0.2, -0.15) is 0 Å². The van der Waals surface area contributed by atoms with Crippen LogP contribution in [0.1, 0.15) is 24.8 Å². The van der Waals surface area contributed by atoms with Gasteiger partial charge in [-0.15, -0.1) is 0 Å². The summed E-state index contributed by atoms with van der Waals surface area (Å²) in [7, 11) is -3.33. The van der Waals surface area contributed by atoms with E-state index >= 15 is 0 Å². The van der Waals surface area contributed by atoms with Crippen molar-refractivity contribution >= 4 is 15.7 Å². The summed E-state index contributed by atoms with van der Waals surface area (Å²) in [4.78, 5) is 0.393. The van der Waals surface area contributed by atoms with E-state index in [2.05, 4.69) is 10.0 Å². The Morgan fingerprint density at radius 3 is 2.89 bits per heavy atom. The topological polar surface area (TPSA) is 58.2 Å². The maximum Gasteiger partial charge on any atom is 0.240 e. The zero-order valence-electron chi connectivity index (χ0n) is 10.3. The molecule has 1 saturated carbocycles. The fourth-order valence-electron chi connectivity index (χ4n) is 2.46. The van der Waals surface area contributed by atoms with E-state index in [9.17, 15) is 8.42 Å². The molecule has 0 radical (unpaired) electrons. The first-order valence-electron chi connectivity index (χ1n) is 6.52. The standard InChI is InChI=1S/C13H18N2O2S/c16-18(17,15-9-10-2-1-3-10)12-4-5-13-11(8-12)6-7-14-13/h4-5,8,10,14-15H,1-3,6-7,9H2. The van der Waals surface area contributed by atoms with Gasteiger partial charge in [-0.3, -0.25) is 0 Å². The minimum absolute atomic E-state index is 0.393. The Kier molecular flexibility index (Phi) is 3.03. The molecule has 3 rings (SSSR count). The summed E-state index contributed by atoms with van der Waals surface area (Å²) in [5, 5.41) is 3.23. The van der Waals surface area contributed by atoms with Crippen molar-refractivity contribution in [2.45, 2.75) is 30.6 Å². The summed E-state index contributed by atoms with van der Waals surface area (Å²) in [5.41, 5.74) is 2.16. The Morgan fingerprint density at radius 1 is 1.33 bits per heavy atom. The number of fused-ring (bicyclic) bond motifs is 1. The predicted molar refractivity (Wildman–Crippen MR) is 71.2 cm³/mol. The molecule has 4 nitrogen and oxygen atoms in total. The van der Waals surface area contributed by atoms with Crippen LogP contribution in [0.2, 0.25) is 0 Å². The van der Waals surface area contributed by atoms with Gasteiger partial charge in [0.25, 0.3) is 0 Å². The number of hydrogen-bond acceptors (Lipinski definition) is 3. The Labute approximate surface area is 108 Å². The Bertz CT molecular complexity index is 550.